The largest absolute Gasteiger partial charge is 0.292 e. The number of aromatic nitrogens is 3. The molecule has 0 unspecified atom stereocenters. The van der Waals surface area contributed by atoms with Gasteiger partial charge in [-0.15, -0.1) is 5.10 Å². The van der Waals surface area contributed by atoms with Crippen LogP contribution in [-0.2, 0) is 6.54 Å². The third-order valence-electron chi connectivity index (χ3n) is 3.05. The molecule has 0 fully saturated rings. The lowest BCUT2D eigenvalue weighted by molar-refractivity contribution is 0.0968. The molecule has 0 amide bonds. The number of ketones is 1. The monoisotopic (exact) mass is 262 g/mol. The average molecular weight is 262 g/mol. The molecule has 1 aromatic heterocycles. The van der Waals surface area contributed by atoms with Crippen LogP contribution < -0.4 is 0 Å². The van der Waals surface area contributed by atoms with Crippen molar-refractivity contribution in [3.63, 3.8) is 0 Å². The number of hydrogen-bond acceptors (Lipinski definition) is 4. The summed E-state index contributed by atoms with van der Waals surface area (Å²) in [4.78, 5) is 12.2. The van der Waals surface area contributed by atoms with Crippen LogP contribution in [0.25, 0.3) is 11.0 Å². The van der Waals surface area contributed by atoms with Crippen molar-refractivity contribution < 1.29 is 4.79 Å². The van der Waals surface area contributed by atoms with E-state index in [1.54, 1.807) is 28.9 Å². The highest BCUT2D eigenvalue weighted by Gasteiger charge is 2.10. The molecule has 0 bridgehead atoms. The summed E-state index contributed by atoms with van der Waals surface area (Å²) in [6.07, 6.45) is 0. The summed E-state index contributed by atoms with van der Waals surface area (Å²) in [5.74, 6) is -0.0647. The molecule has 0 radical (unpaired) electrons. The molecule has 0 aliphatic carbocycles. The summed E-state index contributed by atoms with van der Waals surface area (Å²) in [5.41, 5.74) is 2.69. The lowest BCUT2D eigenvalue weighted by atomic mass is 10.1. The van der Waals surface area contributed by atoms with Gasteiger partial charge in [0, 0.05) is 5.56 Å². The van der Waals surface area contributed by atoms with Crippen molar-refractivity contribution in [2.75, 3.05) is 0 Å². The van der Waals surface area contributed by atoms with Crippen molar-refractivity contribution in [3.05, 3.63) is 59.7 Å². The number of carbonyl (C=O) groups is 1. The van der Waals surface area contributed by atoms with Gasteiger partial charge in [-0.25, -0.2) is 4.68 Å². The molecule has 1 heterocycles. The molecule has 0 N–H and O–H groups in total. The standard InChI is InChI=1S/C15H10N4O/c16-9-11-5-7-12(8-6-11)15(20)10-19-14-4-2-1-3-13(14)17-18-19/h1-8H,10H2. The molecular weight excluding hydrogens is 252 g/mol. The molecule has 5 nitrogen and oxygen atoms in total. The van der Waals surface area contributed by atoms with Gasteiger partial charge in [0.25, 0.3) is 0 Å². The molecule has 3 rings (SSSR count). The lowest BCUT2D eigenvalue weighted by Gasteiger charge is -2.02. The minimum atomic E-state index is -0.0647. The normalized spacial score (nSPS) is 10.3. The fraction of sp³-hybridized carbons (Fsp3) is 0.0667. The van der Waals surface area contributed by atoms with Crippen LogP contribution in [0.4, 0.5) is 0 Å². The zero-order chi connectivity index (χ0) is 13.9. The van der Waals surface area contributed by atoms with E-state index in [9.17, 15) is 4.79 Å². The number of nitriles is 1. The van der Waals surface area contributed by atoms with E-state index < -0.39 is 0 Å². The Hall–Kier alpha value is -3.00. The molecule has 2 aromatic carbocycles. The highest BCUT2D eigenvalue weighted by Crippen LogP contribution is 2.11. The van der Waals surface area contributed by atoms with E-state index in [2.05, 4.69) is 10.3 Å². The first-order chi connectivity index (χ1) is 9.78. The zero-order valence-electron chi connectivity index (χ0n) is 10.5. The van der Waals surface area contributed by atoms with Gasteiger partial charge in [0.05, 0.1) is 17.1 Å². The predicted octanol–water partition coefficient (Wildman–Crippen LogP) is 2.19. The van der Waals surface area contributed by atoms with Crippen LogP contribution in [0.5, 0.6) is 0 Å². The Morgan fingerprint density at radius 3 is 2.65 bits per heavy atom. The minimum absolute atomic E-state index is 0.0647. The second-order valence-corrected chi connectivity index (χ2v) is 4.35. The third-order valence-corrected chi connectivity index (χ3v) is 3.05. The van der Waals surface area contributed by atoms with Gasteiger partial charge in [-0.05, 0) is 24.3 Å². The van der Waals surface area contributed by atoms with Gasteiger partial charge in [-0.1, -0.05) is 29.5 Å². The smallest absolute Gasteiger partial charge is 0.184 e. The molecule has 0 atom stereocenters. The van der Waals surface area contributed by atoms with Gasteiger partial charge in [-0.2, -0.15) is 5.26 Å². The van der Waals surface area contributed by atoms with Crippen LogP contribution in [0.15, 0.2) is 48.5 Å². The number of benzene rings is 2. The molecule has 5 heteroatoms. The average Bonchev–Trinajstić information content (AvgIpc) is 2.91. The summed E-state index contributed by atoms with van der Waals surface area (Å²) < 4.78 is 1.58. The molecule has 0 saturated carbocycles. The Labute approximate surface area is 115 Å². The van der Waals surface area contributed by atoms with Gasteiger partial charge in [0.2, 0.25) is 0 Å². The number of hydrogen-bond donors (Lipinski definition) is 0. The van der Waals surface area contributed by atoms with Crippen LogP contribution >= 0.6 is 0 Å². The first-order valence-corrected chi connectivity index (χ1v) is 6.09. The number of carbonyl (C=O) groups excluding carboxylic acids is 1. The van der Waals surface area contributed by atoms with Crippen molar-refractivity contribution in [1.82, 2.24) is 15.0 Å². The van der Waals surface area contributed by atoms with Crippen LogP contribution in [0, 0.1) is 11.3 Å². The number of nitrogens with zero attached hydrogens (tertiary/aromatic N) is 4. The SMILES string of the molecule is N#Cc1ccc(C(=O)Cn2nnc3ccccc32)cc1. The van der Waals surface area contributed by atoms with E-state index in [4.69, 9.17) is 5.26 Å². The fourth-order valence-electron chi connectivity index (χ4n) is 1.99. The van der Waals surface area contributed by atoms with Crippen LogP contribution in [0.1, 0.15) is 15.9 Å². The predicted molar refractivity (Wildman–Crippen MR) is 73.0 cm³/mol. The van der Waals surface area contributed by atoms with E-state index in [0.717, 1.165) is 11.0 Å². The number of para-hydroxylation sites is 1. The topological polar surface area (TPSA) is 71.6 Å². The van der Waals surface area contributed by atoms with E-state index in [-0.39, 0.29) is 12.3 Å². The van der Waals surface area contributed by atoms with E-state index in [1.165, 1.54) is 0 Å². The van der Waals surface area contributed by atoms with Crippen molar-refractivity contribution in [2.24, 2.45) is 0 Å². The molecule has 0 saturated heterocycles. The highest BCUT2D eigenvalue weighted by molar-refractivity contribution is 5.96. The van der Waals surface area contributed by atoms with Gasteiger partial charge in [0.15, 0.2) is 5.78 Å². The number of fused-ring (bicyclic) bond motifs is 1. The van der Waals surface area contributed by atoms with Crippen molar-refractivity contribution in [3.8, 4) is 6.07 Å². The summed E-state index contributed by atoms with van der Waals surface area (Å²) in [6.45, 7) is 0.131. The minimum Gasteiger partial charge on any atom is -0.292 e. The van der Waals surface area contributed by atoms with Crippen molar-refractivity contribution >= 4 is 16.8 Å². The summed E-state index contributed by atoms with van der Waals surface area (Å²) >= 11 is 0. The molecule has 3 aromatic rings. The molecule has 96 valence electrons. The number of rotatable bonds is 3. The quantitative estimate of drug-likeness (QED) is 0.678. The second kappa shape index (κ2) is 4.94. The third kappa shape index (κ3) is 2.15. The Morgan fingerprint density at radius 1 is 1.15 bits per heavy atom. The first kappa shape index (κ1) is 12.1. The first-order valence-electron chi connectivity index (χ1n) is 6.09. The maximum Gasteiger partial charge on any atom is 0.184 e. The maximum absolute atomic E-state index is 12.2. The molecule has 20 heavy (non-hydrogen) atoms. The molecule has 0 spiro atoms. The molecule has 0 aliphatic rings. The zero-order valence-corrected chi connectivity index (χ0v) is 10.5. The van der Waals surface area contributed by atoms with Gasteiger partial charge in [-0.3, -0.25) is 4.79 Å². The molecule has 0 aliphatic heterocycles. The van der Waals surface area contributed by atoms with Crippen LogP contribution in [-0.4, -0.2) is 20.8 Å². The summed E-state index contributed by atoms with van der Waals surface area (Å²) in [5, 5.41) is 16.7. The van der Waals surface area contributed by atoms with E-state index >= 15 is 0 Å². The van der Waals surface area contributed by atoms with Gasteiger partial charge < -0.3 is 0 Å². The Bertz CT molecular complexity index is 812. The Kier molecular flexibility index (Phi) is 2.98. The van der Waals surface area contributed by atoms with E-state index in [1.807, 2.05) is 30.3 Å². The maximum atomic E-state index is 12.2. The lowest BCUT2D eigenvalue weighted by Crippen LogP contribution is -2.11. The summed E-state index contributed by atoms with van der Waals surface area (Å²) in [6, 6.07) is 16.1. The van der Waals surface area contributed by atoms with E-state index in [0.29, 0.717) is 11.1 Å². The summed E-state index contributed by atoms with van der Waals surface area (Å²) in [7, 11) is 0. The molecular formula is C15H10N4O. The van der Waals surface area contributed by atoms with Crippen molar-refractivity contribution in [2.45, 2.75) is 6.54 Å². The van der Waals surface area contributed by atoms with Crippen LogP contribution in [0.3, 0.4) is 0 Å². The Balaban J connectivity index is 1.87. The number of Topliss-reactive ketones (excluding diaryl/α,β-unsaturated/α-hetero) is 1. The van der Waals surface area contributed by atoms with Gasteiger partial charge in [0.1, 0.15) is 12.1 Å². The van der Waals surface area contributed by atoms with Crippen molar-refractivity contribution in [1.29, 1.82) is 5.26 Å². The highest BCUT2D eigenvalue weighted by atomic mass is 16.1. The van der Waals surface area contributed by atoms with Crippen LogP contribution in [0.2, 0.25) is 0 Å². The fourth-order valence-corrected chi connectivity index (χ4v) is 1.99. The second-order valence-electron chi connectivity index (χ2n) is 4.35. The Morgan fingerprint density at radius 2 is 1.90 bits per heavy atom. The van der Waals surface area contributed by atoms with Gasteiger partial charge >= 0.3 is 0 Å².